The molecule has 0 radical (unpaired) electrons. The largest absolute Gasteiger partial charge is 0.480 e. The molecule has 2 rings (SSSR count). The Morgan fingerprint density at radius 1 is 1.08 bits per heavy atom. The highest BCUT2D eigenvalue weighted by molar-refractivity contribution is 5.85. The third-order valence-electron chi connectivity index (χ3n) is 4.49. The first-order valence-corrected chi connectivity index (χ1v) is 8.31. The predicted octanol–water partition coefficient (Wildman–Crippen LogP) is 1.44. The Kier molecular flexibility index (Phi) is 6.12. The molecule has 0 bridgehead atoms. The van der Waals surface area contributed by atoms with Crippen molar-refractivity contribution in [1.29, 1.82) is 0 Å². The number of likely N-dealkylation sites (tertiary alicyclic amines) is 2. The summed E-state index contributed by atoms with van der Waals surface area (Å²) in [6.45, 7) is 1.92. The minimum absolute atomic E-state index is 0.0967. The second-order valence-corrected chi connectivity index (χ2v) is 6.48. The van der Waals surface area contributed by atoms with Gasteiger partial charge in [-0.15, -0.1) is 0 Å². The number of alkyl halides is 3. The highest BCUT2D eigenvalue weighted by Crippen LogP contribution is 2.23. The number of nitrogens with one attached hydrogen (secondary N) is 1. The highest BCUT2D eigenvalue weighted by atomic mass is 19.4. The van der Waals surface area contributed by atoms with Crippen molar-refractivity contribution in [2.75, 3.05) is 26.2 Å². The molecule has 0 aliphatic carbocycles. The van der Waals surface area contributed by atoms with Crippen LogP contribution in [0.4, 0.5) is 18.0 Å². The van der Waals surface area contributed by atoms with Crippen molar-refractivity contribution in [3.8, 4) is 0 Å². The first kappa shape index (κ1) is 19.3. The van der Waals surface area contributed by atoms with Crippen molar-refractivity contribution in [2.45, 2.75) is 44.3 Å². The zero-order valence-electron chi connectivity index (χ0n) is 13.7. The minimum atomic E-state index is -4.69. The van der Waals surface area contributed by atoms with Gasteiger partial charge in [-0.25, -0.2) is 9.59 Å². The average molecular weight is 365 g/mol. The molecule has 0 aromatic rings. The van der Waals surface area contributed by atoms with Crippen molar-refractivity contribution in [3.05, 3.63) is 0 Å². The monoisotopic (exact) mass is 365 g/mol. The van der Waals surface area contributed by atoms with Gasteiger partial charge in [0.15, 0.2) is 0 Å². The summed E-state index contributed by atoms with van der Waals surface area (Å²) in [6.07, 6.45) is -3.50. The van der Waals surface area contributed by atoms with E-state index in [4.69, 9.17) is 5.11 Å². The van der Waals surface area contributed by atoms with E-state index in [-0.39, 0.29) is 12.6 Å². The number of carboxylic acids is 1. The van der Waals surface area contributed by atoms with E-state index in [9.17, 15) is 27.6 Å². The van der Waals surface area contributed by atoms with Crippen LogP contribution in [-0.2, 0) is 9.59 Å². The molecular formula is C15H22F3N3O4. The van der Waals surface area contributed by atoms with Crippen LogP contribution in [0.25, 0.3) is 0 Å². The number of urea groups is 1. The smallest absolute Gasteiger partial charge is 0.391 e. The zero-order chi connectivity index (χ0) is 18.6. The number of hydrogen-bond acceptors (Lipinski definition) is 3. The second-order valence-electron chi connectivity index (χ2n) is 6.48. The summed E-state index contributed by atoms with van der Waals surface area (Å²) >= 11 is 0. The summed E-state index contributed by atoms with van der Waals surface area (Å²) in [4.78, 5) is 38.7. The summed E-state index contributed by atoms with van der Waals surface area (Å²) in [7, 11) is 0. The van der Waals surface area contributed by atoms with Crippen LogP contribution in [0.3, 0.4) is 0 Å². The SMILES string of the molecule is O=C(NC(CC(F)(F)F)C(=O)O)C1CCCN(C(=O)N2CCCC2)C1. The molecule has 0 saturated carbocycles. The summed E-state index contributed by atoms with van der Waals surface area (Å²) in [5.41, 5.74) is 0. The molecule has 10 heteroatoms. The summed E-state index contributed by atoms with van der Waals surface area (Å²) < 4.78 is 37.3. The quantitative estimate of drug-likeness (QED) is 0.789. The first-order valence-electron chi connectivity index (χ1n) is 8.31. The molecule has 0 spiro atoms. The van der Waals surface area contributed by atoms with Gasteiger partial charge in [-0.05, 0) is 25.7 Å². The molecule has 7 nitrogen and oxygen atoms in total. The maximum atomic E-state index is 12.4. The molecule has 3 amide bonds. The summed E-state index contributed by atoms with van der Waals surface area (Å²) in [5, 5.41) is 10.8. The van der Waals surface area contributed by atoms with E-state index in [0.29, 0.717) is 32.5 Å². The van der Waals surface area contributed by atoms with E-state index in [2.05, 4.69) is 0 Å². The maximum Gasteiger partial charge on any atom is 0.391 e. The standard InChI is InChI=1S/C15H22F3N3O4/c16-15(17,18)8-11(13(23)24)19-12(22)10-4-3-7-21(9-10)14(25)20-5-1-2-6-20/h10-11H,1-9H2,(H,19,22)(H,23,24). The Labute approximate surface area is 143 Å². The van der Waals surface area contributed by atoms with Crippen LogP contribution in [0.5, 0.6) is 0 Å². The van der Waals surface area contributed by atoms with Crippen LogP contribution in [0, 0.1) is 5.92 Å². The van der Waals surface area contributed by atoms with Gasteiger partial charge in [-0.3, -0.25) is 4.79 Å². The topological polar surface area (TPSA) is 90.0 Å². The van der Waals surface area contributed by atoms with Gasteiger partial charge in [0.1, 0.15) is 6.04 Å². The number of carboxylic acid groups (broad SMARTS) is 1. The van der Waals surface area contributed by atoms with Gasteiger partial charge in [0.2, 0.25) is 5.91 Å². The number of rotatable bonds is 4. The fourth-order valence-electron chi connectivity index (χ4n) is 3.19. The van der Waals surface area contributed by atoms with Crippen LogP contribution in [0.1, 0.15) is 32.1 Å². The van der Waals surface area contributed by atoms with Gasteiger partial charge in [0, 0.05) is 26.2 Å². The lowest BCUT2D eigenvalue weighted by Crippen LogP contribution is -2.52. The Morgan fingerprint density at radius 3 is 2.24 bits per heavy atom. The molecule has 2 fully saturated rings. The molecule has 0 aromatic carbocycles. The lowest BCUT2D eigenvalue weighted by molar-refractivity contribution is -0.160. The average Bonchev–Trinajstić information content (AvgIpc) is 3.06. The van der Waals surface area contributed by atoms with E-state index in [1.165, 1.54) is 4.90 Å². The molecule has 2 heterocycles. The predicted molar refractivity (Wildman–Crippen MR) is 80.7 cm³/mol. The van der Waals surface area contributed by atoms with Gasteiger partial charge in [-0.1, -0.05) is 0 Å². The molecule has 0 aromatic heterocycles. The zero-order valence-corrected chi connectivity index (χ0v) is 13.7. The number of halogens is 3. The normalized spacial score (nSPS) is 22.6. The number of aliphatic carboxylic acids is 1. The van der Waals surface area contributed by atoms with Gasteiger partial charge < -0.3 is 20.2 Å². The van der Waals surface area contributed by atoms with Crippen LogP contribution >= 0.6 is 0 Å². The molecule has 25 heavy (non-hydrogen) atoms. The second kappa shape index (κ2) is 7.92. The summed E-state index contributed by atoms with van der Waals surface area (Å²) in [6, 6.07) is -2.18. The van der Waals surface area contributed by atoms with Crippen molar-refractivity contribution in [3.63, 3.8) is 0 Å². The lowest BCUT2D eigenvalue weighted by Gasteiger charge is -2.35. The van der Waals surface area contributed by atoms with E-state index in [1.807, 2.05) is 5.32 Å². The van der Waals surface area contributed by atoms with Gasteiger partial charge in [0.05, 0.1) is 12.3 Å². The van der Waals surface area contributed by atoms with Crippen LogP contribution in [0.2, 0.25) is 0 Å². The van der Waals surface area contributed by atoms with Crippen molar-refractivity contribution in [1.82, 2.24) is 15.1 Å². The third-order valence-corrected chi connectivity index (χ3v) is 4.49. The van der Waals surface area contributed by atoms with Crippen molar-refractivity contribution < 1.29 is 32.7 Å². The molecule has 142 valence electrons. The van der Waals surface area contributed by atoms with E-state index in [1.54, 1.807) is 4.90 Å². The van der Waals surface area contributed by atoms with Crippen molar-refractivity contribution >= 4 is 17.9 Å². The number of nitrogens with zero attached hydrogens (tertiary/aromatic N) is 2. The Hall–Kier alpha value is -2.00. The lowest BCUT2D eigenvalue weighted by atomic mass is 9.96. The van der Waals surface area contributed by atoms with Gasteiger partial charge >= 0.3 is 18.2 Å². The molecule has 2 unspecified atom stereocenters. The molecule has 2 saturated heterocycles. The molecule has 2 aliphatic rings. The Bertz CT molecular complexity index is 521. The van der Waals surface area contributed by atoms with Gasteiger partial charge in [0.25, 0.3) is 0 Å². The third kappa shape index (κ3) is 5.50. The molecular weight excluding hydrogens is 343 g/mol. The van der Waals surface area contributed by atoms with E-state index < -0.39 is 36.4 Å². The van der Waals surface area contributed by atoms with E-state index >= 15 is 0 Å². The number of carbonyl (C=O) groups excluding carboxylic acids is 2. The fourth-order valence-corrected chi connectivity index (χ4v) is 3.19. The molecule has 2 aliphatic heterocycles. The highest BCUT2D eigenvalue weighted by Gasteiger charge is 2.38. The Balaban J connectivity index is 1.93. The van der Waals surface area contributed by atoms with Crippen LogP contribution in [-0.4, -0.2) is 71.2 Å². The number of piperidine rings is 1. The van der Waals surface area contributed by atoms with Crippen molar-refractivity contribution in [2.24, 2.45) is 5.92 Å². The van der Waals surface area contributed by atoms with E-state index in [0.717, 1.165) is 12.8 Å². The van der Waals surface area contributed by atoms with Crippen LogP contribution in [0.15, 0.2) is 0 Å². The molecule has 2 atom stereocenters. The fraction of sp³-hybridized carbons (Fsp3) is 0.800. The maximum absolute atomic E-state index is 12.4. The first-order chi connectivity index (χ1) is 11.7. The van der Waals surface area contributed by atoms with Crippen LogP contribution < -0.4 is 5.32 Å². The molecule has 2 N–H and O–H groups in total. The number of amides is 3. The summed E-state index contributed by atoms with van der Waals surface area (Å²) in [5.74, 6) is -3.18. The number of carbonyl (C=O) groups is 3. The minimum Gasteiger partial charge on any atom is -0.480 e. The van der Waals surface area contributed by atoms with Gasteiger partial charge in [-0.2, -0.15) is 13.2 Å². The Morgan fingerprint density at radius 2 is 1.68 bits per heavy atom. The number of hydrogen-bond donors (Lipinski definition) is 2.